The molecule has 0 N–H and O–H groups in total. The molecule has 0 spiro atoms. The van der Waals surface area contributed by atoms with Gasteiger partial charge in [0.25, 0.3) is 0 Å². The fourth-order valence-electron chi connectivity index (χ4n) is 4.28. The topological polar surface area (TPSA) is 52.6 Å². The van der Waals surface area contributed by atoms with Crippen LogP contribution in [0.25, 0.3) is 0 Å². The van der Waals surface area contributed by atoms with Crippen molar-refractivity contribution in [1.29, 1.82) is 0 Å². The molecule has 1 aromatic carbocycles. The zero-order valence-electron chi connectivity index (χ0n) is 18.1. The molecule has 1 heterocycles. The van der Waals surface area contributed by atoms with Crippen molar-refractivity contribution >= 4 is 20.4 Å². The van der Waals surface area contributed by atoms with Crippen molar-refractivity contribution < 1.29 is 18.8 Å². The zero-order chi connectivity index (χ0) is 20.7. The third-order valence-corrected chi connectivity index (χ3v) is 11.4. The first-order valence-electron chi connectivity index (χ1n) is 10.5. The molecule has 5 heteroatoms. The van der Waals surface area contributed by atoms with Crippen LogP contribution in [0.5, 0.6) is 5.75 Å². The van der Waals surface area contributed by atoms with Crippen LogP contribution >= 0.6 is 0 Å². The maximum atomic E-state index is 12.1. The largest absolute Gasteiger partial charge is 0.489 e. The Labute approximate surface area is 170 Å². The Morgan fingerprint density at radius 2 is 2.04 bits per heavy atom. The third-order valence-electron chi connectivity index (χ3n) is 6.85. The van der Waals surface area contributed by atoms with Gasteiger partial charge in [-0.1, -0.05) is 39.0 Å². The number of para-hydroxylation sites is 1. The van der Waals surface area contributed by atoms with E-state index in [9.17, 15) is 9.59 Å². The molecule has 1 saturated carbocycles. The van der Waals surface area contributed by atoms with Crippen LogP contribution in [0, 0.1) is 5.92 Å². The summed E-state index contributed by atoms with van der Waals surface area (Å²) in [5.74, 6) is 1.08. The number of hydrogen-bond acceptors (Lipinski definition) is 4. The van der Waals surface area contributed by atoms with Gasteiger partial charge in [0.15, 0.2) is 8.32 Å². The second-order valence-electron chi connectivity index (χ2n) is 9.94. The predicted molar refractivity (Wildman–Crippen MR) is 113 cm³/mol. The summed E-state index contributed by atoms with van der Waals surface area (Å²) in [4.78, 5) is 23.3. The maximum absolute atomic E-state index is 12.1. The Morgan fingerprint density at radius 3 is 2.64 bits per heavy atom. The highest BCUT2D eigenvalue weighted by Gasteiger charge is 2.53. The van der Waals surface area contributed by atoms with Crippen molar-refractivity contribution in [2.75, 3.05) is 0 Å². The molecule has 28 heavy (non-hydrogen) atoms. The third kappa shape index (κ3) is 3.97. The smallest absolute Gasteiger partial charge is 0.192 e. The number of carbonyl (C=O) groups is 2. The first-order chi connectivity index (χ1) is 13.0. The minimum Gasteiger partial charge on any atom is -0.489 e. The first kappa shape index (κ1) is 21.3. The molecular formula is C23H34O4Si. The van der Waals surface area contributed by atoms with Crippen molar-refractivity contribution in [2.45, 2.75) is 89.6 Å². The van der Waals surface area contributed by atoms with Crippen LogP contribution in [0.15, 0.2) is 18.2 Å². The summed E-state index contributed by atoms with van der Waals surface area (Å²) in [5, 5.41) is 0.112. The fourth-order valence-corrected chi connectivity index (χ4v) is 5.65. The van der Waals surface area contributed by atoms with E-state index in [2.05, 4.69) is 52.1 Å². The van der Waals surface area contributed by atoms with Crippen molar-refractivity contribution in [3.63, 3.8) is 0 Å². The molecular weight excluding hydrogens is 368 g/mol. The van der Waals surface area contributed by atoms with Crippen molar-refractivity contribution in [2.24, 2.45) is 5.92 Å². The number of ether oxygens (including phenoxy) is 1. The van der Waals surface area contributed by atoms with E-state index in [-0.39, 0.29) is 34.9 Å². The molecule has 3 rings (SSSR count). The Morgan fingerprint density at radius 1 is 1.32 bits per heavy atom. The number of hydrogen-bond donors (Lipinski definition) is 0. The molecule has 0 aromatic heterocycles. The quantitative estimate of drug-likeness (QED) is 0.473. The van der Waals surface area contributed by atoms with Crippen LogP contribution in [0.4, 0.5) is 0 Å². The molecule has 0 amide bonds. The Balaban J connectivity index is 1.80. The number of Topliss-reactive ketones (excluding diaryl/α,β-unsaturated/α-hetero) is 1. The molecule has 154 valence electrons. The Hall–Kier alpha value is -1.46. The normalized spacial score (nSPS) is 26.5. The Kier molecular flexibility index (Phi) is 5.88. The van der Waals surface area contributed by atoms with Gasteiger partial charge in [0.1, 0.15) is 23.9 Å². The van der Waals surface area contributed by atoms with Crippen LogP contribution < -0.4 is 4.74 Å². The lowest BCUT2D eigenvalue weighted by Crippen LogP contribution is -2.45. The average Bonchev–Trinajstić information content (AvgIpc) is 3.09. The molecule has 0 saturated heterocycles. The lowest BCUT2D eigenvalue weighted by molar-refractivity contribution is -0.117. The standard InChI is InChI=1S/C23H34O4Si/c1-15(25)9-7-10-16-11-8-12-17-21-18(14-24)19(13-20(21)26-22(16)17)27-28(5,6)23(2,3)4/h8,11-12,14,18-21H,7,9-10,13H2,1-6H3/t18-,19+,20-,21+/m0/s1. The van der Waals surface area contributed by atoms with E-state index in [1.165, 1.54) is 0 Å². The highest BCUT2D eigenvalue weighted by molar-refractivity contribution is 6.74. The number of benzene rings is 1. The number of carbonyl (C=O) groups excluding carboxylic acids is 2. The molecule has 1 fully saturated rings. The lowest BCUT2D eigenvalue weighted by Gasteiger charge is -2.39. The molecule has 4 nitrogen and oxygen atoms in total. The predicted octanol–water partition coefficient (Wildman–Crippen LogP) is 5.05. The van der Waals surface area contributed by atoms with E-state index in [4.69, 9.17) is 9.16 Å². The molecule has 0 radical (unpaired) electrons. The van der Waals surface area contributed by atoms with Crippen molar-refractivity contribution in [3.05, 3.63) is 29.3 Å². The summed E-state index contributed by atoms with van der Waals surface area (Å²) >= 11 is 0. The number of aryl methyl sites for hydroxylation is 1. The van der Waals surface area contributed by atoms with E-state index in [1.807, 2.05) is 0 Å². The minimum absolute atomic E-state index is 0.00826. The van der Waals surface area contributed by atoms with E-state index >= 15 is 0 Å². The number of aldehydes is 1. The molecule has 0 bridgehead atoms. The SMILES string of the molecule is CC(=O)CCCc1cccc2c1O[C@H]1C[C@@H](O[Si](C)(C)C(C)(C)C)[C@H](C=O)[C@@H]21. The lowest BCUT2D eigenvalue weighted by atomic mass is 9.88. The van der Waals surface area contributed by atoms with Gasteiger partial charge >= 0.3 is 0 Å². The zero-order valence-corrected chi connectivity index (χ0v) is 19.1. The Bertz CT molecular complexity index is 749. The van der Waals surface area contributed by atoms with Gasteiger partial charge in [0.05, 0.1) is 12.0 Å². The van der Waals surface area contributed by atoms with Gasteiger partial charge in [-0.2, -0.15) is 0 Å². The number of rotatable bonds is 7. The summed E-state index contributed by atoms with van der Waals surface area (Å²) in [6.45, 7) is 12.8. The first-order valence-corrected chi connectivity index (χ1v) is 13.4. The van der Waals surface area contributed by atoms with Crippen LogP contribution in [0.2, 0.25) is 18.1 Å². The average molecular weight is 403 g/mol. The van der Waals surface area contributed by atoms with Crippen LogP contribution in [0.3, 0.4) is 0 Å². The van der Waals surface area contributed by atoms with Gasteiger partial charge in [-0.3, -0.25) is 0 Å². The van der Waals surface area contributed by atoms with Gasteiger partial charge in [0, 0.05) is 24.3 Å². The maximum Gasteiger partial charge on any atom is 0.192 e. The molecule has 4 atom stereocenters. The summed E-state index contributed by atoms with van der Waals surface area (Å²) in [5.41, 5.74) is 2.29. The highest BCUT2D eigenvalue weighted by Crippen LogP contribution is 2.53. The minimum atomic E-state index is -1.95. The van der Waals surface area contributed by atoms with Crippen LogP contribution in [0.1, 0.15) is 64.0 Å². The van der Waals surface area contributed by atoms with Gasteiger partial charge < -0.3 is 18.8 Å². The molecule has 1 aliphatic carbocycles. The van der Waals surface area contributed by atoms with Gasteiger partial charge in [-0.05, 0) is 43.5 Å². The van der Waals surface area contributed by atoms with E-state index in [1.54, 1.807) is 6.92 Å². The van der Waals surface area contributed by atoms with Crippen LogP contribution in [-0.2, 0) is 20.4 Å². The van der Waals surface area contributed by atoms with E-state index in [0.717, 1.165) is 42.4 Å². The summed E-state index contributed by atoms with van der Waals surface area (Å²) in [6, 6.07) is 6.23. The monoisotopic (exact) mass is 402 g/mol. The van der Waals surface area contributed by atoms with E-state index in [0.29, 0.717) is 6.42 Å². The summed E-state index contributed by atoms with van der Waals surface area (Å²) in [7, 11) is -1.95. The van der Waals surface area contributed by atoms with Crippen LogP contribution in [-0.4, -0.2) is 32.6 Å². The van der Waals surface area contributed by atoms with Crippen molar-refractivity contribution in [1.82, 2.24) is 0 Å². The fraction of sp³-hybridized carbons (Fsp3) is 0.652. The van der Waals surface area contributed by atoms with Crippen molar-refractivity contribution in [3.8, 4) is 5.75 Å². The highest BCUT2D eigenvalue weighted by atomic mass is 28.4. The molecule has 1 aliphatic heterocycles. The molecule has 1 aromatic rings. The molecule has 2 aliphatic rings. The van der Waals surface area contributed by atoms with Gasteiger partial charge in [-0.25, -0.2) is 0 Å². The van der Waals surface area contributed by atoms with Gasteiger partial charge in [-0.15, -0.1) is 0 Å². The number of fused-ring (bicyclic) bond motifs is 3. The summed E-state index contributed by atoms with van der Waals surface area (Å²) < 4.78 is 13.0. The van der Waals surface area contributed by atoms with E-state index < -0.39 is 8.32 Å². The second-order valence-corrected chi connectivity index (χ2v) is 14.7. The van der Waals surface area contributed by atoms with Gasteiger partial charge in [0.2, 0.25) is 0 Å². The second kappa shape index (κ2) is 7.75. The number of ketones is 1. The molecule has 0 unspecified atom stereocenters. The summed E-state index contributed by atoms with van der Waals surface area (Å²) in [6.07, 6.45) is 4.05.